The molecule has 0 radical (unpaired) electrons. The second-order valence-corrected chi connectivity index (χ2v) is 6.45. The van der Waals surface area contributed by atoms with Crippen LogP contribution in [-0.2, 0) is 6.42 Å². The van der Waals surface area contributed by atoms with Crippen molar-refractivity contribution >= 4 is 36.4 Å². The summed E-state index contributed by atoms with van der Waals surface area (Å²) < 4.78 is 0. The molecule has 1 aromatic rings. The predicted molar refractivity (Wildman–Crippen MR) is 105 cm³/mol. The van der Waals surface area contributed by atoms with Gasteiger partial charge in [-0.05, 0) is 56.3 Å². The van der Waals surface area contributed by atoms with E-state index in [2.05, 4.69) is 28.5 Å². The molecule has 1 saturated heterocycles. The van der Waals surface area contributed by atoms with Crippen LogP contribution in [0.5, 0.6) is 0 Å². The zero-order valence-corrected chi connectivity index (χ0v) is 16.0. The molecule has 0 bridgehead atoms. The molecule has 0 atom stereocenters. The van der Waals surface area contributed by atoms with Gasteiger partial charge in [0.1, 0.15) is 0 Å². The fourth-order valence-electron chi connectivity index (χ4n) is 3.60. The second-order valence-electron chi connectivity index (χ2n) is 6.45. The molecule has 2 N–H and O–H groups in total. The lowest BCUT2D eigenvalue weighted by atomic mass is 9.96. The first-order valence-corrected chi connectivity index (χ1v) is 8.67. The standard InChI is InChI=1S/C18H27N3O.2ClH/c1-2-11-21-12-8-14(9-13-21)20-18(22)16-5-3-7-17-15(16)6-4-10-19-17;;/h3,5,7,14,19H,2,4,6,8-13H2,1H3,(H,20,22);2*1H. The Hall–Kier alpha value is -0.970. The van der Waals surface area contributed by atoms with Gasteiger partial charge in [0.25, 0.3) is 5.91 Å². The highest BCUT2D eigenvalue weighted by atomic mass is 35.5. The average Bonchev–Trinajstić information content (AvgIpc) is 2.56. The van der Waals surface area contributed by atoms with Crippen molar-refractivity contribution in [2.75, 3.05) is 31.5 Å². The Morgan fingerprint density at radius 3 is 2.75 bits per heavy atom. The highest BCUT2D eigenvalue weighted by Gasteiger charge is 2.23. The molecule has 1 aromatic carbocycles. The third-order valence-electron chi connectivity index (χ3n) is 4.80. The van der Waals surface area contributed by atoms with Crippen LogP contribution in [0.2, 0.25) is 0 Å². The van der Waals surface area contributed by atoms with E-state index in [1.807, 2.05) is 12.1 Å². The van der Waals surface area contributed by atoms with Crippen LogP contribution in [0.15, 0.2) is 18.2 Å². The summed E-state index contributed by atoms with van der Waals surface area (Å²) in [7, 11) is 0. The Labute approximate surface area is 157 Å². The first kappa shape index (κ1) is 21.1. The molecule has 1 fully saturated rings. The van der Waals surface area contributed by atoms with Crippen molar-refractivity contribution in [3.05, 3.63) is 29.3 Å². The lowest BCUT2D eigenvalue weighted by Gasteiger charge is -2.32. The number of hydrogen-bond acceptors (Lipinski definition) is 3. The Morgan fingerprint density at radius 2 is 2.04 bits per heavy atom. The Bertz CT molecular complexity index is 531. The van der Waals surface area contributed by atoms with Gasteiger partial charge in [0, 0.05) is 36.9 Å². The number of halogens is 2. The van der Waals surface area contributed by atoms with Gasteiger partial charge in [-0.15, -0.1) is 24.8 Å². The van der Waals surface area contributed by atoms with Crippen molar-refractivity contribution < 1.29 is 4.79 Å². The number of hydrogen-bond donors (Lipinski definition) is 2. The van der Waals surface area contributed by atoms with Crippen LogP contribution in [0.3, 0.4) is 0 Å². The van der Waals surface area contributed by atoms with Gasteiger partial charge in [0.2, 0.25) is 0 Å². The second kappa shape index (κ2) is 10.1. The third kappa shape index (κ3) is 5.01. The molecule has 0 aromatic heterocycles. The molecule has 2 aliphatic heterocycles. The van der Waals surface area contributed by atoms with Gasteiger partial charge in [0.15, 0.2) is 0 Å². The number of rotatable bonds is 4. The van der Waals surface area contributed by atoms with E-state index in [1.165, 1.54) is 18.5 Å². The van der Waals surface area contributed by atoms with E-state index in [9.17, 15) is 4.79 Å². The van der Waals surface area contributed by atoms with E-state index in [0.717, 1.165) is 56.6 Å². The molecule has 24 heavy (non-hydrogen) atoms. The molecule has 136 valence electrons. The van der Waals surface area contributed by atoms with Gasteiger partial charge in [-0.3, -0.25) is 4.79 Å². The number of carbonyl (C=O) groups excluding carboxylic acids is 1. The molecule has 0 aliphatic carbocycles. The minimum absolute atomic E-state index is 0. The SMILES string of the molecule is CCCN1CCC(NC(=O)c2cccc3c2CCCN3)CC1.Cl.Cl. The monoisotopic (exact) mass is 373 g/mol. The quantitative estimate of drug-likeness (QED) is 0.848. The minimum atomic E-state index is 0. The molecule has 3 rings (SSSR count). The van der Waals surface area contributed by atoms with Crippen LogP contribution in [0.25, 0.3) is 0 Å². The highest BCUT2D eigenvalue weighted by molar-refractivity contribution is 5.97. The van der Waals surface area contributed by atoms with Crippen LogP contribution in [0, 0.1) is 0 Å². The third-order valence-corrected chi connectivity index (χ3v) is 4.80. The van der Waals surface area contributed by atoms with Crippen molar-refractivity contribution in [2.24, 2.45) is 0 Å². The summed E-state index contributed by atoms with van der Waals surface area (Å²) in [4.78, 5) is 15.1. The lowest BCUT2D eigenvalue weighted by Crippen LogP contribution is -2.45. The topological polar surface area (TPSA) is 44.4 Å². The number of nitrogens with one attached hydrogen (secondary N) is 2. The van der Waals surface area contributed by atoms with Crippen molar-refractivity contribution in [1.82, 2.24) is 10.2 Å². The number of nitrogens with zero attached hydrogens (tertiary/aromatic N) is 1. The van der Waals surface area contributed by atoms with Gasteiger partial charge in [-0.25, -0.2) is 0 Å². The maximum absolute atomic E-state index is 12.6. The summed E-state index contributed by atoms with van der Waals surface area (Å²) in [6.45, 7) is 6.62. The van der Waals surface area contributed by atoms with E-state index < -0.39 is 0 Å². The molecule has 0 saturated carbocycles. The Kier molecular flexibility index (Phi) is 8.88. The number of amides is 1. The lowest BCUT2D eigenvalue weighted by molar-refractivity contribution is 0.0910. The zero-order valence-electron chi connectivity index (χ0n) is 14.3. The fourth-order valence-corrected chi connectivity index (χ4v) is 3.60. The summed E-state index contributed by atoms with van der Waals surface area (Å²) in [6.07, 6.45) is 5.45. The summed E-state index contributed by atoms with van der Waals surface area (Å²) in [6, 6.07) is 6.35. The molecule has 4 nitrogen and oxygen atoms in total. The van der Waals surface area contributed by atoms with Crippen molar-refractivity contribution in [3.63, 3.8) is 0 Å². The van der Waals surface area contributed by atoms with Crippen LogP contribution >= 0.6 is 24.8 Å². The largest absolute Gasteiger partial charge is 0.385 e. The number of anilines is 1. The molecular weight excluding hydrogens is 345 g/mol. The smallest absolute Gasteiger partial charge is 0.251 e. The van der Waals surface area contributed by atoms with Crippen LogP contribution < -0.4 is 10.6 Å². The average molecular weight is 374 g/mol. The maximum Gasteiger partial charge on any atom is 0.251 e. The molecule has 2 heterocycles. The van der Waals surface area contributed by atoms with Gasteiger partial charge >= 0.3 is 0 Å². The van der Waals surface area contributed by atoms with Crippen molar-refractivity contribution in [2.45, 2.75) is 45.1 Å². The molecule has 0 spiro atoms. The fraction of sp³-hybridized carbons (Fsp3) is 0.611. The predicted octanol–water partition coefficient (Wildman–Crippen LogP) is 3.49. The molecule has 0 unspecified atom stereocenters. The number of benzene rings is 1. The summed E-state index contributed by atoms with van der Waals surface area (Å²) >= 11 is 0. The summed E-state index contributed by atoms with van der Waals surface area (Å²) in [5.41, 5.74) is 3.19. The van der Waals surface area contributed by atoms with Crippen LogP contribution in [0.4, 0.5) is 5.69 Å². The number of likely N-dealkylation sites (tertiary alicyclic amines) is 1. The van der Waals surface area contributed by atoms with Gasteiger partial charge in [-0.1, -0.05) is 13.0 Å². The maximum atomic E-state index is 12.6. The molecule has 2 aliphatic rings. The van der Waals surface area contributed by atoms with E-state index in [1.54, 1.807) is 0 Å². The molecule has 6 heteroatoms. The normalized spacial score (nSPS) is 17.7. The van der Waals surface area contributed by atoms with E-state index in [-0.39, 0.29) is 30.7 Å². The van der Waals surface area contributed by atoms with Gasteiger partial charge < -0.3 is 15.5 Å². The van der Waals surface area contributed by atoms with Crippen LogP contribution in [-0.4, -0.2) is 43.0 Å². The van der Waals surface area contributed by atoms with Crippen molar-refractivity contribution in [3.8, 4) is 0 Å². The van der Waals surface area contributed by atoms with E-state index >= 15 is 0 Å². The van der Waals surface area contributed by atoms with E-state index in [0.29, 0.717) is 6.04 Å². The number of piperidine rings is 1. The Balaban J connectivity index is 0.00000144. The molecular formula is C18H29Cl2N3O. The highest BCUT2D eigenvalue weighted by Crippen LogP contribution is 2.25. The molecule has 1 amide bonds. The summed E-state index contributed by atoms with van der Waals surface area (Å²) in [5, 5.41) is 6.65. The van der Waals surface area contributed by atoms with Gasteiger partial charge in [-0.2, -0.15) is 0 Å². The zero-order chi connectivity index (χ0) is 15.4. The minimum Gasteiger partial charge on any atom is -0.385 e. The van der Waals surface area contributed by atoms with Crippen molar-refractivity contribution in [1.29, 1.82) is 0 Å². The number of carbonyl (C=O) groups is 1. The van der Waals surface area contributed by atoms with E-state index in [4.69, 9.17) is 0 Å². The van der Waals surface area contributed by atoms with Gasteiger partial charge in [0.05, 0.1) is 0 Å². The summed E-state index contributed by atoms with van der Waals surface area (Å²) in [5.74, 6) is 0.106. The number of fused-ring (bicyclic) bond motifs is 1. The first-order valence-electron chi connectivity index (χ1n) is 8.67. The first-order chi connectivity index (χ1) is 10.8. The van der Waals surface area contributed by atoms with Crippen LogP contribution in [0.1, 0.15) is 48.5 Å². The Morgan fingerprint density at radius 1 is 1.29 bits per heavy atom.